The zero-order valence-corrected chi connectivity index (χ0v) is 20.3. The van der Waals surface area contributed by atoms with Crippen molar-refractivity contribution < 1.29 is 14.2 Å². The molecule has 0 aliphatic rings. The minimum atomic E-state index is -1.22. The number of hydrogen-bond acceptors (Lipinski definition) is 7. The minimum Gasteiger partial charge on any atom is -0.485 e. The second-order valence-corrected chi connectivity index (χ2v) is 8.92. The van der Waals surface area contributed by atoms with Crippen LogP contribution in [0.3, 0.4) is 0 Å². The first-order chi connectivity index (χ1) is 16.5. The summed E-state index contributed by atoms with van der Waals surface area (Å²) in [6.07, 6.45) is 4.28. The van der Waals surface area contributed by atoms with Gasteiger partial charge in [-0.25, -0.2) is 14.4 Å². The van der Waals surface area contributed by atoms with Gasteiger partial charge in [0.2, 0.25) is 0 Å². The maximum absolute atomic E-state index is 13.3. The van der Waals surface area contributed by atoms with E-state index in [0.29, 0.717) is 28.5 Å². The van der Waals surface area contributed by atoms with E-state index in [1.807, 2.05) is 6.92 Å². The van der Waals surface area contributed by atoms with E-state index >= 15 is 0 Å². The average Bonchev–Trinajstić information content (AvgIpc) is 2.82. The van der Waals surface area contributed by atoms with Crippen LogP contribution >= 0.6 is 11.6 Å². The summed E-state index contributed by atoms with van der Waals surface area (Å²) in [5, 5.41) is 10.2. The molecule has 0 fully saturated rings. The van der Waals surface area contributed by atoms with Crippen LogP contribution < -0.4 is 10.3 Å². The molecule has 0 amide bonds. The first-order valence-electron chi connectivity index (χ1n) is 10.7. The summed E-state index contributed by atoms with van der Waals surface area (Å²) >= 11 is 6.39. The summed E-state index contributed by atoms with van der Waals surface area (Å²) in [6, 6.07) is 7.85. The smallest absolute Gasteiger partial charge is 0.277 e. The van der Waals surface area contributed by atoms with Crippen LogP contribution in [0.25, 0.3) is 17.1 Å². The Hall–Kier alpha value is -3.69. The number of halogens is 2. The molecule has 0 spiro atoms. The van der Waals surface area contributed by atoms with Crippen molar-refractivity contribution >= 4 is 11.6 Å². The Morgan fingerprint density at radius 3 is 2.54 bits per heavy atom. The topological polar surface area (TPSA) is 103 Å². The molecule has 4 heterocycles. The third kappa shape index (κ3) is 5.21. The van der Waals surface area contributed by atoms with Gasteiger partial charge in [-0.15, -0.1) is 0 Å². The van der Waals surface area contributed by atoms with Crippen molar-refractivity contribution in [2.45, 2.75) is 39.9 Å². The van der Waals surface area contributed by atoms with Gasteiger partial charge in [-0.05, 0) is 57.5 Å². The average molecular weight is 496 g/mol. The number of aliphatic hydroxyl groups is 1. The number of rotatable bonds is 6. The molecule has 35 heavy (non-hydrogen) atoms. The highest BCUT2D eigenvalue weighted by Gasteiger charge is 2.21. The standard InChI is InChI=1S/C25H23ClFN5O3/c1-14-11-30-19(18-7-8-28-24(31-18)25(3,4)34)10-20(14)32-15(2)9-21(22(26)23(32)33)35-13-17-6-5-16(27)12-29-17/h5-12,34H,13H2,1-4H3. The first-order valence-corrected chi connectivity index (χ1v) is 11.1. The van der Waals surface area contributed by atoms with Crippen molar-refractivity contribution in [3.63, 3.8) is 0 Å². The number of nitrogens with zero attached hydrogens (tertiary/aromatic N) is 5. The van der Waals surface area contributed by atoms with E-state index in [9.17, 15) is 14.3 Å². The van der Waals surface area contributed by atoms with Crippen LogP contribution in [0, 0.1) is 19.7 Å². The molecule has 0 atom stereocenters. The van der Waals surface area contributed by atoms with Crippen molar-refractivity contribution in [3.8, 4) is 22.8 Å². The molecule has 4 aromatic rings. The number of pyridine rings is 3. The highest BCUT2D eigenvalue weighted by atomic mass is 35.5. The Balaban J connectivity index is 1.72. The Morgan fingerprint density at radius 1 is 1.09 bits per heavy atom. The van der Waals surface area contributed by atoms with Crippen LogP contribution in [0.2, 0.25) is 5.02 Å². The lowest BCUT2D eigenvalue weighted by molar-refractivity contribution is 0.0688. The monoisotopic (exact) mass is 495 g/mol. The molecule has 180 valence electrons. The maximum Gasteiger partial charge on any atom is 0.277 e. The van der Waals surface area contributed by atoms with Gasteiger partial charge in [0, 0.05) is 24.2 Å². The summed E-state index contributed by atoms with van der Waals surface area (Å²) in [6.45, 7) is 6.82. The van der Waals surface area contributed by atoms with Gasteiger partial charge in [-0.3, -0.25) is 19.3 Å². The predicted octanol–water partition coefficient (Wildman–Crippen LogP) is 4.30. The summed E-state index contributed by atoms with van der Waals surface area (Å²) in [5.41, 5.74) is 1.73. The molecule has 8 nitrogen and oxygen atoms in total. The molecule has 0 radical (unpaired) electrons. The van der Waals surface area contributed by atoms with E-state index in [4.69, 9.17) is 16.3 Å². The third-order valence-electron chi connectivity index (χ3n) is 5.24. The van der Waals surface area contributed by atoms with E-state index in [2.05, 4.69) is 19.9 Å². The highest BCUT2D eigenvalue weighted by Crippen LogP contribution is 2.27. The molecular weight excluding hydrogens is 473 g/mol. The van der Waals surface area contributed by atoms with Gasteiger partial charge < -0.3 is 9.84 Å². The van der Waals surface area contributed by atoms with Crippen molar-refractivity contribution in [2.75, 3.05) is 0 Å². The fourth-order valence-electron chi connectivity index (χ4n) is 3.42. The summed E-state index contributed by atoms with van der Waals surface area (Å²) in [7, 11) is 0. The Labute approximate surface area is 206 Å². The number of aryl methyl sites for hydroxylation is 2. The van der Waals surface area contributed by atoms with E-state index < -0.39 is 17.0 Å². The summed E-state index contributed by atoms with van der Waals surface area (Å²) < 4.78 is 20.3. The third-order valence-corrected chi connectivity index (χ3v) is 5.59. The van der Waals surface area contributed by atoms with E-state index in [1.165, 1.54) is 16.7 Å². The van der Waals surface area contributed by atoms with Gasteiger partial charge in [0.1, 0.15) is 28.8 Å². The fourth-order valence-corrected chi connectivity index (χ4v) is 3.61. The lowest BCUT2D eigenvalue weighted by Crippen LogP contribution is -2.23. The molecule has 0 saturated heterocycles. The van der Waals surface area contributed by atoms with Crippen LogP contribution in [0.1, 0.15) is 36.6 Å². The van der Waals surface area contributed by atoms with Crippen LogP contribution in [-0.4, -0.2) is 29.6 Å². The van der Waals surface area contributed by atoms with Gasteiger partial charge in [0.15, 0.2) is 5.82 Å². The van der Waals surface area contributed by atoms with Crippen molar-refractivity contribution in [2.24, 2.45) is 0 Å². The second kappa shape index (κ2) is 9.52. The van der Waals surface area contributed by atoms with Gasteiger partial charge in [0.05, 0.1) is 29.0 Å². The SMILES string of the molecule is Cc1cnc(-c2ccnc(C(C)(C)O)n2)cc1-n1c(C)cc(OCc2ccc(F)cn2)c(Cl)c1=O. The van der Waals surface area contributed by atoms with Crippen LogP contribution in [-0.2, 0) is 12.2 Å². The number of aromatic nitrogens is 5. The van der Waals surface area contributed by atoms with E-state index in [0.717, 1.165) is 11.8 Å². The lowest BCUT2D eigenvalue weighted by atomic mass is 10.1. The molecule has 10 heteroatoms. The van der Waals surface area contributed by atoms with Gasteiger partial charge >= 0.3 is 0 Å². The normalized spacial score (nSPS) is 11.5. The Morgan fingerprint density at radius 2 is 1.86 bits per heavy atom. The molecule has 0 aliphatic carbocycles. The quantitative estimate of drug-likeness (QED) is 0.425. The Kier molecular flexibility index (Phi) is 6.64. The molecule has 1 N–H and O–H groups in total. The van der Waals surface area contributed by atoms with E-state index in [-0.39, 0.29) is 23.2 Å². The molecule has 0 saturated carbocycles. The van der Waals surface area contributed by atoms with Gasteiger partial charge in [-0.2, -0.15) is 0 Å². The zero-order valence-electron chi connectivity index (χ0n) is 19.6. The van der Waals surface area contributed by atoms with Crippen LogP contribution in [0.5, 0.6) is 5.75 Å². The summed E-state index contributed by atoms with van der Waals surface area (Å²) in [5.74, 6) is 0.0112. The number of hydrogen-bond donors (Lipinski definition) is 1. The van der Waals surface area contributed by atoms with E-state index in [1.54, 1.807) is 51.4 Å². The summed E-state index contributed by atoms with van der Waals surface area (Å²) in [4.78, 5) is 30.2. The van der Waals surface area contributed by atoms with Crippen molar-refractivity contribution in [1.29, 1.82) is 0 Å². The van der Waals surface area contributed by atoms with Gasteiger partial charge in [0.25, 0.3) is 5.56 Å². The molecular formula is C25H23ClFN5O3. The predicted molar refractivity (Wildman–Crippen MR) is 129 cm³/mol. The Bertz CT molecular complexity index is 1450. The fraction of sp³-hybridized carbons (Fsp3) is 0.240. The minimum absolute atomic E-state index is 0.0264. The zero-order chi connectivity index (χ0) is 25.3. The highest BCUT2D eigenvalue weighted by molar-refractivity contribution is 6.31. The van der Waals surface area contributed by atoms with Crippen molar-refractivity contribution in [3.05, 3.63) is 92.9 Å². The molecule has 0 unspecified atom stereocenters. The van der Waals surface area contributed by atoms with Crippen LogP contribution in [0.15, 0.2) is 53.7 Å². The first kappa shape index (κ1) is 24.4. The van der Waals surface area contributed by atoms with Crippen LogP contribution in [0.4, 0.5) is 4.39 Å². The lowest BCUT2D eigenvalue weighted by Gasteiger charge is -2.17. The molecule has 4 aromatic heterocycles. The molecule has 0 aliphatic heterocycles. The largest absolute Gasteiger partial charge is 0.485 e. The van der Waals surface area contributed by atoms with Crippen molar-refractivity contribution in [1.82, 2.24) is 24.5 Å². The molecule has 4 rings (SSSR count). The molecule has 0 aromatic carbocycles. The maximum atomic E-state index is 13.3. The van der Waals surface area contributed by atoms with Gasteiger partial charge in [-0.1, -0.05) is 11.6 Å². The molecule has 0 bridgehead atoms. The second-order valence-electron chi connectivity index (χ2n) is 8.54. The number of ether oxygens (including phenoxy) is 1.